The summed E-state index contributed by atoms with van der Waals surface area (Å²) >= 11 is 1.25. The van der Waals surface area contributed by atoms with Crippen molar-refractivity contribution in [3.8, 4) is 0 Å². The normalized spacial score (nSPS) is 15.9. The van der Waals surface area contributed by atoms with E-state index in [1.54, 1.807) is 38.7 Å². The van der Waals surface area contributed by atoms with Crippen molar-refractivity contribution in [1.29, 1.82) is 0 Å². The Morgan fingerprint density at radius 2 is 2.03 bits per heavy atom. The molecular weight excluding hydrogens is 443 g/mol. The molecule has 5 heterocycles. The molecule has 0 atom stereocenters. The number of hydrogen-bond donors (Lipinski definition) is 1. The van der Waals surface area contributed by atoms with Gasteiger partial charge < -0.3 is 5.32 Å². The molecule has 0 bridgehead atoms. The topological polar surface area (TPSA) is 92.5 Å². The van der Waals surface area contributed by atoms with Gasteiger partial charge in [0.25, 0.3) is 10.0 Å². The summed E-state index contributed by atoms with van der Waals surface area (Å²) < 4.78 is 29.3. The van der Waals surface area contributed by atoms with Crippen LogP contribution in [0.4, 0.5) is 5.82 Å². The number of hydrogen-bond acceptors (Lipinski definition) is 7. The quantitative estimate of drug-likeness (QED) is 0.440. The van der Waals surface area contributed by atoms with Crippen molar-refractivity contribution in [2.75, 3.05) is 18.4 Å². The summed E-state index contributed by atoms with van der Waals surface area (Å²) in [5, 5.41) is 9.55. The summed E-state index contributed by atoms with van der Waals surface area (Å²) in [6.07, 6.45) is 6.55. The predicted molar refractivity (Wildman–Crippen MR) is 125 cm³/mol. The number of nitrogens with zero attached hydrogens (tertiary/aromatic N) is 5. The Morgan fingerprint density at radius 1 is 1.19 bits per heavy atom. The first-order valence-electron chi connectivity index (χ1n) is 10.3. The molecule has 1 aliphatic rings. The standard InChI is InChI=1S/C21H21BN6O2S2/c22-17-14-25-28-19(24-13-15-3-1-7-23-12-15)11-18(26-21(17)28)16-5-8-27(9-6-16)32(29,30)20-4-2-10-31-20/h1-4,7,10-12,14,16,24H,5-6,8-9,13H2. The van der Waals surface area contributed by atoms with Crippen LogP contribution in [0.15, 0.2) is 58.5 Å². The zero-order valence-electron chi connectivity index (χ0n) is 17.3. The SMILES string of the molecule is [B]c1cnn2c(NCc3cccnc3)cc(C3CCN(S(=O)(=O)c4cccs4)CC3)nc12. The average molecular weight is 464 g/mol. The van der Waals surface area contributed by atoms with E-state index >= 15 is 0 Å². The van der Waals surface area contributed by atoms with Gasteiger partial charge in [-0.15, -0.1) is 11.3 Å². The highest BCUT2D eigenvalue weighted by molar-refractivity contribution is 7.91. The number of rotatable bonds is 6. The van der Waals surface area contributed by atoms with E-state index in [9.17, 15) is 8.42 Å². The van der Waals surface area contributed by atoms with Crippen LogP contribution in [0.5, 0.6) is 0 Å². The van der Waals surface area contributed by atoms with E-state index in [-0.39, 0.29) is 5.92 Å². The third-order valence-electron chi connectivity index (χ3n) is 5.68. The maximum Gasteiger partial charge on any atom is 0.252 e. The number of pyridine rings is 1. The molecule has 11 heteroatoms. The Balaban J connectivity index is 1.37. The summed E-state index contributed by atoms with van der Waals surface area (Å²) in [6, 6.07) is 9.31. The van der Waals surface area contributed by atoms with Crippen LogP contribution in [0.25, 0.3) is 5.65 Å². The second kappa shape index (κ2) is 8.65. The van der Waals surface area contributed by atoms with E-state index in [2.05, 4.69) is 15.4 Å². The molecule has 1 N–H and O–H groups in total. The van der Waals surface area contributed by atoms with Gasteiger partial charge in [0.2, 0.25) is 0 Å². The highest BCUT2D eigenvalue weighted by atomic mass is 32.2. The number of aromatic nitrogens is 4. The molecule has 0 aliphatic carbocycles. The molecule has 4 aromatic rings. The number of sulfonamides is 1. The third-order valence-corrected chi connectivity index (χ3v) is 8.95. The van der Waals surface area contributed by atoms with Crippen molar-refractivity contribution >= 4 is 46.1 Å². The van der Waals surface area contributed by atoms with Crippen molar-refractivity contribution < 1.29 is 8.42 Å². The summed E-state index contributed by atoms with van der Waals surface area (Å²) in [6.45, 7) is 1.51. The van der Waals surface area contributed by atoms with Crippen molar-refractivity contribution in [2.24, 2.45) is 0 Å². The van der Waals surface area contributed by atoms with E-state index < -0.39 is 10.0 Å². The van der Waals surface area contributed by atoms with Gasteiger partial charge in [-0.3, -0.25) is 4.98 Å². The van der Waals surface area contributed by atoms with Gasteiger partial charge in [-0.1, -0.05) is 12.1 Å². The van der Waals surface area contributed by atoms with Gasteiger partial charge in [-0.25, -0.2) is 13.4 Å². The van der Waals surface area contributed by atoms with Gasteiger partial charge in [-0.05, 0) is 41.4 Å². The van der Waals surface area contributed by atoms with Gasteiger partial charge in [0.15, 0.2) is 0 Å². The average Bonchev–Trinajstić information content (AvgIpc) is 3.49. The van der Waals surface area contributed by atoms with Crippen LogP contribution in [0.2, 0.25) is 0 Å². The minimum Gasteiger partial charge on any atom is -0.366 e. The Bertz CT molecular complexity index is 1320. The number of anilines is 1. The number of thiophene rings is 1. The van der Waals surface area contributed by atoms with Crippen LogP contribution in [0, 0.1) is 0 Å². The first-order chi connectivity index (χ1) is 15.5. The van der Waals surface area contributed by atoms with Crippen LogP contribution < -0.4 is 10.8 Å². The molecule has 0 aromatic carbocycles. The van der Waals surface area contributed by atoms with Crippen molar-refractivity contribution in [2.45, 2.75) is 29.5 Å². The second-order valence-electron chi connectivity index (χ2n) is 7.73. The minimum absolute atomic E-state index is 0.142. The van der Waals surface area contributed by atoms with Crippen molar-refractivity contribution in [3.63, 3.8) is 0 Å². The van der Waals surface area contributed by atoms with Gasteiger partial charge in [0.05, 0.1) is 0 Å². The molecule has 0 amide bonds. The maximum atomic E-state index is 12.8. The largest absolute Gasteiger partial charge is 0.366 e. The summed E-state index contributed by atoms with van der Waals surface area (Å²) in [4.78, 5) is 8.92. The zero-order chi connectivity index (χ0) is 22.1. The summed E-state index contributed by atoms with van der Waals surface area (Å²) in [7, 11) is 2.69. The molecule has 2 radical (unpaired) electrons. The van der Waals surface area contributed by atoms with Crippen molar-refractivity contribution in [1.82, 2.24) is 23.9 Å². The lowest BCUT2D eigenvalue weighted by molar-refractivity contribution is 0.317. The van der Waals surface area contributed by atoms with E-state index in [0.717, 1.165) is 17.1 Å². The van der Waals surface area contributed by atoms with E-state index in [1.165, 1.54) is 11.3 Å². The van der Waals surface area contributed by atoms with Gasteiger partial charge in [0, 0.05) is 55.9 Å². The van der Waals surface area contributed by atoms with Crippen LogP contribution >= 0.6 is 11.3 Å². The summed E-state index contributed by atoms with van der Waals surface area (Å²) in [5.41, 5.74) is 3.05. The number of fused-ring (bicyclic) bond motifs is 1. The molecule has 8 nitrogen and oxygen atoms in total. The molecule has 1 fully saturated rings. The zero-order valence-corrected chi connectivity index (χ0v) is 18.9. The minimum atomic E-state index is -3.43. The number of piperidine rings is 1. The molecule has 0 unspecified atom stereocenters. The first-order valence-corrected chi connectivity index (χ1v) is 12.6. The highest BCUT2D eigenvalue weighted by Gasteiger charge is 2.31. The van der Waals surface area contributed by atoms with Crippen LogP contribution in [0.1, 0.15) is 30.0 Å². The number of nitrogens with one attached hydrogen (secondary N) is 1. The molecule has 1 aliphatic heterocycles. The second-order valence-corrected chi connectivity index (χ2v) is 10.8. The van der Waals surface area contributed by atoms with Crippen LogP contribution in [-0.4, -0.2) is 53.2 Å². The van der Waals surface area contributed by atoms with Gasteiger partial charge in [0.1, 0.15) is 23.5 Å². The van der Waals surface area contributed by atoms with Crippen molar-refractivity contribution in [3.05, 3.63) is 65.6 Å². The maximum absolute atomic E-state index is 12.8. The van der Waals surface area contributed by atoms with Gasteiger partial charge in [-0.2, -0.15) is 13.9 Å². The Morgan fingerprint density at radius 3 is 2.75 bits per heavy atom. The molecule has 0 spiro atoms. The first kappa shape index (κ1) is 21.1. The monoisotopic (exact) mass is 464 g/mol. The lowest BCUT2D eigenvalue weighted by atomic mass is 9.94. The molecular formula is C21H21BN6O2S2. The highest BCUT2D eigenvalue weighted by Crippen LogP contribution is 2.32. The molecule has 4 aromatic heterocycles. The Labute approximate surface area is 191 Å². The Hall–Kier alpha value is -2.76. The molecule has 32 heavy (non-hydrogen) atoms. The predicted octanol–water partition coefficient (Wildman–Crippen LogP) is 2.16. The van der Waals surface area contributed by atoms with E-state index in [4.69, 9.17) is 12.8 Å². The fourth-order valence-corrected chi connectivity index (χ4v) is 6.57. The van der Waals surface area contributed by atoms with Crippen LogP contribution in [0.3, 0.4) is 0 Å². The molecule has 5 rings (SSSR count). The van der Waals surface area contributed by atoms with E-state index in [1.807, 2.05) is 24.4 Å². The smallest absolute Gasteiger partial charge is 0.252 e. The lowest BCUT2D eigenvalue weighted by Gasteiger charge is -2.30. The molecule has 0 saturated carbocycles. The lowest BCUT2D eigenvalue weighted by Crippen LogP contribution is -2.37. The third kappa shape index (κ3) is 4.03. The molecule has 1 saturated heterocycles. The molecule has 162 valence electrons. The van der Waals surface area contributed by atoms with E-state index in [0.29, 0.717) is 47.8 Å². The fraction of sp³-hybridized carbons (Fsp3) is 0.286. The Kier molecular flexibility index (Phi) is 5.70. The van der Waals surface area contributed by atoms with Crippen LogP contribution in [-0.2, 0) is 16.6 Å². The fourth-order valence-electron chi connectivity index (χ4n) is 3.96. The summed E-state index contributed by atoms with van der Waals surface area (Å²) in [5.74, 6) is 0.933. The van der Waals surface area contributed by atoms with Gasteiger partial charge >= 0.3 is 0 Å².